The summed E-state index contributed by atoms with van der Waals surface area (Å²) >= 11 is 5.53. The van der Waals surface area contributed by atoms with Gasteiger partial charge >= 0.3 is 0 Å². The van der Waals surface area contributed by atoms with Gasteiger partial charge in [-0.2, -0.15) is 0 Å². The minimum absolute atomic E-state index is 0.0802. The van der Waals surface area contributed by atoms with E-state index >= 15 is 0 Å². The van der Waals surface area contributed by atoms with Gasteiger partial charge in [-0.1, -0.05) is 20.4 Å². The Balaban J connectivity index is 3.57. The molecular weight excluding hydrogens is 148 g/mol. The number of hydrogen-bond donors (Lipinski definition) is 0. The fourth-order valence-corrected chi connectivity index (χ4v) is 0.489. The molecule has 0 rings (SSSR count). The summed E-state index contributed by atoms with van der Waals surface area (Å²) in [6.07, 6.45) is 0.0802. The summed E-state index contributed by atoms with van der Waals surface area (Å²) in [4.78, 5) is 0. The topological polar surface area (TPSA) is 9.23 Å². The van der Waals surface area contributed by atoms with E-state index in [1.807, 2.05) is 20.8 Å². The molecule has 0 saturated carbocycles. The summed E-state index contributed by atoms with van der Waals surface area (Å²) in [5, 5.41) is 0. The van der Waals surface area contributed by atoms with Crippen molar-refractivity contribution >= 4 is 11.6 Å². The van der Waals surface area contributed by atoms with Crippen molar-refractivity contribution in [1.29, 1.82) is 0 Å². The van der Waals surface area contributed by atoms with Crippen LogP contribution in [0.3, 0.4) is 0 Å². The molecule has 60 valence electrons. The van der Waals surface area contributed by atoms with Crippen molar-refractivity contribution in [3.05, 3.63) is 12.3 Å². The average molecular weight is 163 g/mol. The van der Waals surface area contributed by atoms with E-state index in [2.05, 4.69) is 6.58 Å². The van der Waals surface area contributed by atoms with Crippen LogP contribution in [0.15, 0.2) is 12.3 Å². The lowest BCUT2D eigenvalue weighted by Gasteiger charge is -2.16. The zero-order valence-electron chi connectivity index (χ0n) is 6.86. The van der Waals surface area contributed by atoms with Crippen molar-refractivity contribution in [3.63, 3.8) is 0 Å². The number of hydrogen-bond acceptors (Lipinski definition) is 1. The SMILES string of the molecule is C=C(OC(C)CCl)C(C)C. The molecule has 0 spiro atoms. The van der Waals surface area contributed by atoms with Crippen LogP contribution in [0, 0.1) is 5.92 Å². The summed E-state index contributed by atoms with van der Waals surface area (Å²) in [6, 6.07) is 0. The Morgan fingerprint density at radius 2 is 2.00 bits per heavy atom. The number of allylic oxidation sites excluding steroid dienone is 1. The van der Waals surface area contributed by atoms with Crippen LogP contribution in [0.5, 0.6) is 0 Å². The largest absolute Gasteiger partial charge is 0.494 e. The van der Waals surface area contributed by atoms with Crippen molar-refractivity contribution in [1.82, 2.24) is 0 Å². The third-order valence-corrected chi connectivity index (χ3v) is 1.65. The molecule has 0 aromatic rings. The van der Waals surface area contributed by atoms with Crippen molar-refractivity contribution < 1.29 is 4.74 Å². The second-order valence-electron chi connectivity index (χ2n) is 2.70. The van der Waals surface area contributed by atoms with Gasteiger partial charge in [0, 0.05) is 5.92 Å². The number of alkyl halides is 1. The first kappa shape index (κ1) is 9.83. The number of ether oxygens (including phenoxy) is 1. The molecule has 1 unspecified atom stereocenters. The minimum atomic E-state index is 0.0802. The van der Waals surface area contributed by atoms with E-state index in [1.54, 1.807) is 0 Å². The van der Waals surface area contributed by atoms with E-state index in [9.17, 15) is 0 Å². The molecule has 0 heterocycles. The van der Waals surface area contributed by atoms with Crippen LogP contribution >= 0.6 is 11.6 Å². The maximum Gasteiger partial charge on any atom is 0.109 e. The zero-order valence-corrected chi connectivity index (χ0v) is 7.61. The van der Waals surface area contributed by atoms with Crippen LogP contribution in [0.4, 0.5) is 0 Å². The summed E-state index contributed by atoms with van der Waals surface area (Å²) in [6.45, 7) is 9.78. The Bertz CT molecular complexity index is 110. The molecule has 0 amide bonds. The lowest BCUT2D eigenvalue weighted by atomic mass is 10.2. The molecule has 1 atom stereocenters. The van der Waals surface area contributed by atoms with Gasteiger partial charge in [-0.3, -0.25) is 0 Å². The van der Waals surface area contributed by atoms with Crippen LogP contribution in [0.1, 0.15) is 20.8 Å². The molecule has 0 N–H and O–H groups in total. The first-order valence-electron chi connectivity index (χ1n) is 3.49. The van der Waals surface area contributed by atoms with E-state index in [1.165, 1.54) is 0 Å². The predicted octanol–water partition coefficient (Wildman–Crippen LogP) is 2.80. The van der Waals surface area contributed by atoms with Gasteiger partial charge in [-0.15, -0.1) is 11.6 Å². The Morgan fingerprint density at radius 1 is 1.50 bits per heavy atom. The highest BCUT2D eigenvalue weighted by Gasteiger charge is 2.05. The summed E-state index contributed by atoms with van der Waals surface area (Å²) in [7, 11) is 0. The van der Waals surface area contributed by atoms with E-state index in [0.717, 1.165) is 5.76 Å². The van der Waals surface area contributed by atoms with E-state index in [-0.39, 0.29) is 6.10 Å². The number of rotatable bonds is 4. The van der Waals surface area contributed by atoms with Crippen molar-refractivity contribution in [2.24, 2.45) is 5.92 Å². The van der Waals surface area contributed by atoms with Gasteiger partial charge in [0.15, 0.2) is 0 Å². The Morgan fingerprint density at radius 3 is 2.30 bits per heavy atom. The highest BCUT2D eigenvalue weighted by atomic mass is 35.5. The lowest BCUT2D eigenvalue weighted by Crippen LogP contribution is -2.11. The Hall–Kier alpha value is -0.170. The standard InChI is InChI=1S/C8H15ClO/c1-6(2)8(4)10-7(3)5-9/h6-7H,4-5H2,1-3H3. The van der Waals surface area contributed by atoms with Crippen LogP contribution in [-0.2, 0) is 4.74 Å². The van der Waals surface area contributed by atoms with Gasteiger partial charge in [-0.25, -0.2) is 0 Å². The van der Waals surface area contributed by atoms with Gasteiger partial charge < -0.3 is 4.74 Å². The monoisotopic (exact) mass is 162 g/mol. The third kappa shape index (κ3) is 3.78. The maximum absolute atomic E-state index is 5.53. The highest BCUT2D eigenvalue weighted by molar-refractivity contribution is 6.18. The second-order valence-corrected chi connectivity index (χ2v) is 3.01. The number of halogens is 1. The second kappa shape index (κ2) is 4.62. The average Bonchev–Trinajstić information content (AvgIpc) is 1.87. The van der Waals surface area contributed by atoms with Crippen LogP contribution in [0.2, 0.25) is 0 Å². The van der Waals surface area contributed by atoms with Gasteiger partial charge in [0.1, 0.15) is 6.10 Å². The molecule has 0 saturated heterocycles. The lowest BCUT2D eigenvalue weighted by molar-refractivity contribution is 0.130. The molecule has 0 bridgehead atoms. The van der Waals surface area contributed by atoms with E-state index in [0.29, 0.717) is 11.8 Å². The molecule has 0 aliphatic rings. The molecular formula is C8H15ClO. The summed E-state index contributed by atoms with van der Waals surface area (Å²) in [5.74, 6) is 1.71. The predicted molar refractivity (Wildman–Crippen MR) is 45.2 cm³/mol. The normalized spacial score (nSPS) is 13.3. The molecule has 0 fully saturated rings. The fourth-order valence-electron chi connectivity index (χ4n) is 0.426. The van der Waals surface area contributed by atoms with Gasteiger partial charge in [0.05, 0.1) is 11.6 Å². The van der Waals surface area contributed by atoms with Crippen LogP contribution in [-0.4, -0.2) is 12.0 Å². The molecule has 0 aliphatic carbocycles. The fraction of sp³-hybridized carbons (Fsp3) is 0.750. The van der Waals surface area contributed by atoms with E-state index < -0.39 is 0 Å². The molecule has 0 aliphatic heterocycles. The van der Waals surface area contributed by atoms with Crippen LogP contribution in [0.25, 0.3) is 0 Å². The molecule has 0 radical (unpaired) electrons. The summed E-state index contributed by atoms with van der Waals surface area (Å²) < 4.78 is 5.33. The quantitative estimate of drug-likeness (QED) is 0.456. The Kier molecular flexibility index (Phi) is 4.54. The minimum Gasteiger partial charge on any atom is -0.494 e. The molecule has 0 aromatic heterocycles. The van der Waals surface area contributed by atoms with E-state index in [4.69, 9.17) is 16.3 Å². The molecule has 1 nitrogen and oxygen atoms in total. The van der Waals surface area contributed by atoms with Crippen molar-refractivity contribution in [3.8, 4) is 0 Å². The first-order chi connectivity index (χ1) is 4.57. The smallest absolute Gasteiger partial charge is 0.109 e. The molecule has 2 heteroatoms. The van der Waals surface area contributed by atoms with Gasteiger partial charge in [-0.05, 0) is 6.92 Å². The molecule has 10 heavy (non-hydrogen) atoms. The zero-order chi connectivity index (χ0) is 8.15. The first-order valence-corrected chi connectivity index (χ1v) is 4.02. The Labute approximate surface area is 68.0 Å². The maximum atomic E-state index is 5.53. The van der Waals surface area contributed by atoms with Crippen LogP contribution < -0.4 is 0 Å². The van der Waals surface area contributed by atoms with Crippen molar-refractivity contribution in [2.45, 2.75) is 26.9 Å². The molecule has 0 aromatic carbocycles. The van der Waals surface area contributed by atoms with Gasteiger partial charge in [0.2, 0.25) is 0 Å². The van der Waals surface area contributed by atoms with Gasteiger partial charge in [0.25, 0.3) is 0 Å². The highest BCUT2D eigenvalue weighted by Crippen LogP contribution is 2.11. The van der Waals surface area contributed by atoms with Crippen molar-refractivity contribution in [2.75, 3.05) is 5.88 Å². The third-order valence-electron chi connectivity index (χ3n) is 1.21. The summed E-state index contributed by atoms with van der Waals surface area (Å²) in [5.41, 5.74) is 0.